The van der Waals surface area contributed by atoms with Crippen LogP contribution in [0.2, 0.25) is 0 Å². The Bertz CT molecular complexity index is 884. The van der Waals surface area contributed by atoms with Gasteiger partial charge in [0.1, 0.15) is 5.69 Å². The molecule has 0 saturated heterocycles. The molecule has 1 N–H and O–H groups in total. The Morgan fingerprint density at radius 1 is 1.23 bits per heavy atom. The van der Waals surface area contributed by atoms with Gasteiger partial charge in [-0.3, -0.25) is 4.79 Å². The summed E-state index contributed by atoms with van der Waals surface area (Å²) in [6.45, 7) is 8.21. The SMILES string of the molecule is CC(=O)NC(c1nc(-c2csc(C)n2)nn1Cc1ccccc1)C(C)C. The monoisotopic (exact) mass is 369 g/mol. The molecule has 1 aromatic carbocycles. The molecule has 136 valence electrons. The minimum atomic E-state index is -0.211. The molecule has 1 atom stereocenters. The lowest BCUT2D eigenvalue weighted by molar-refractivity contribution is -0.120. The van der Waals surface area contributed by atoms with E-state index in [-0.39, 0.29) is 17.9 Å². The highest BCUT2D eigenvalue weighted by Crippen LogP contribution is 2.25. The summed E-state index contributed by atoms with van der Waals surface area (Å²) < 4.78 is 1.87. The third-order valence-electron chi connectivity index (χ3n) is 4.03. The summed E-state index contributed by atoms with van der Waals surface area (Å²) in [4.78, 5) is 20.9. The number of thiazole rings is 1. The molecule has 7 heteroatoms. The topological polar surface area (TPSA) is 72.7 Å². The maximum absolute atomic E-state index is 11.7. The van der Waals surface area contributed by atoms with E-state index in [0.717, 1.165) is 22.1 Å². The number of carbonyl (C=O) groups is 1. The number of rotatable bonds is 6. The molecule has 2 heterocycles. The second-order valence-electron chi connectivity index (χ2n) is 6.61. The van der Waals surface area contributed by atoms with Crippen molar-refractivity contribution >= 4 is 17.2 Å². The molecule has 0 spiro atoms. The van der Waals surface area contributed by atoms with Gasteiger partial charge in [-0.2, -0.15) is 0 Å². The molecule has 0 bridgehead atoms. The van der Waals surface area contributed by atoms with E-state index in [9.17, 15) is 4.79 Å². The quantitative estimate of drug-likeness (QED) is 0.721. The van der Waals surface area contributed by atoms with Crippen LogP contribution in [-0.4, -0.2) is 25.7 Å². The van der Waals surface area contributed by atoms with Gasteiger partial charge in [-0.15, -0.1) is 16.4 Å². The second-order valence-corrected chi connectivity index (χ2v) is 7.67. The average Bonchev–Trinajstić information content (AvgIpc) is 3.20. The smallest absolute Gasteiger partial charge is 0.217 e. The van der Waals surface area contributed by atoms with E-state index >= 15 is 0 Å². The van der Waals surface area contributed by atoms with Crippen molar-refractivity contribution in [2.45, 2.75) is 40.3 Å². The lowest BCUT2D eigenvalue weighted by Crippen LogP contribution is -2.32. The van der Waals surface area contributed by atoms with Gasteiger partial charge in [0.05, 0.1) is 17.6 Å². The van der Waals surface area contributed by atoms with Crippen LogP contribution in [0.25, 0.3) is 11.5 Å². The van der Waals surface area contributed by atoms with Gasteiger partial charge < -0.3 is 5.32 Å². The second kappa shape index (κ2) is 7.78. The number of carbonyl (C=O) groups excluding carboxylic acids is 1. The standard InChI is InChI=1S/C19H23N5OS/c1-12(2)17(20-13(3)25)19-22-18(16-11-26-14(4)21-16)23-24(19)10-15-8-6-5-7-9-15/h5-9,11-12,17H,10H2,1-4H3,(H,20,25). The minimum Gasteiger partial charge on any atom is -0.346 e. The van der Waals surface area contributed by atoms with E-state index in [1.54, 1.807) is 11.3 Å². The molecule has 0 aliphatic heterocycles. The summed E-state index contributed by atoms with van der Waals surface area (Å²) >= 11 is 1.57. The number of benzene rings is 1. The van der Waals surface area contributed by atoms with Crippen molar-refractivity contribution in [3.05, 3.63) is 52.1 Å². The summed E-state index contributed by atoms with van der Waals surface area (Å²) in [5.74, 6) is 1.45. The minimum absolute atomic E-state index is 0.0796. The van der Waals surface area contributed by atoms with Gasteiger partial charge in [-0.05, 0) is 18.4 Å². The fourth-order valence-corrected chi connectivity index (χ4v) is 3.37. The van der Waals surface area contributed by atoms with Crippen LogP contribution in [0.3, 0.4) is 0 Å². The van der Waals surface area contributed by atoms with Gasteiger partial charge in [0, 0.05) is 12.3 Å². The van der Waals surface area contributed by atoms with Crippen molar-refractivity contribution in [3.8, 4) is 11.5 Å². The number of nitrogens with one attached hydrogen (secondary N) is 1. The number of nitrogens with zero attached hydrogens (tertiary/aromatic N) is 4. The summed E-state index contributed by atoms with van der Waals surface area (Å²) in [7, 11) is 0. The highest BCUT2D eigenvalue weighted by molar-refractivity contribution is 7.09. The first kappa shape index (κ1) is 18.3. The van der Waals surface area contributed by atoms with E-state index in [1.165, 1.54) is 6.92 Å². The Kier molecular flexibility index (Phi) is 5.46. The van der Waals surface area contributed by atoms with Gasteiger partial charge >= 0.3 is 0 Å². The van der Waals surface area contributed by atoms with E-state index in [2.05, 4.69) is 36.3 Å². The van der Waals surface area contributed by atoms with Gasteiger partial charge in [0.2, 0.25) is 11.7 Å². The molecule has 1 amide bonds. The first-order valence-corrected chi connectivity index (χ1v) is 9.50. The van der Waals surface area contributed by atoms with E-state index in [1.807, 2.05) is 35.2 Å². The molecule has 0 aliphatic carbocycles. The maximum Gasteiger partial charge on any atom is 0.217 e. The van der Waals surface area contributed by atoms with Crippen LogP contribution in [-0.2, 0) is 11.3 Å². The molecule has 3 rings (SSSR count). The van der Waals surface area contributed by atoms with Gasteiger partial charge in [0.25, 0.3) is 0 Å². The van der Waals surface area contributed by atoms with Crippen molar-refractivity contribution in [2.75, 3.05) is 0 Å². The normalized spacial score (nSPS) is 12.3. The molecule has 2 aromatic heterocycles. The third-order valence-corrected chi connectivity index (χ3v) is 4.80. The van der Waals surface area contributed by atoms with Crippen LogP contribution >= 0.6 is 11.3 Å². The Labute approximate surface area is 157 Å². The zero-order chi connectivity index (χ0) is 18.7. The Hall–Kier alpha value is -2.54. The van der Waals surface area contributed by atoms with Crippen LogP contribution in [0.1, 0.15) is 43.2 Å². The molecule has 0 aliphatic rings. The highest BCUT2D eigenvalue weighted by Gasteiger charge is 2.25. The zero-order valence-corrected chi connectivity index (χ0v) is 16.2. The summed E-state index contributed by atoms with van der Waals surface area (Å²) in [5, 5.41) is 10.6. The van der Waals surface area contributed by atoms with Crippen LogP contribution in [0.5, 0.6) is 0 Å². The lowest BCUT2D eigenvalue weighted by Gasteiger charge is -2.21. The summed E-state index contributed by atoms with van der Waals surface area (Å²) in [6, 6.07) is 9.90. The van der Waals surface area contributed by atoms with Crippen LogP contribution in [0.15, 0.2) is 35.7 Å². The molecule has 1 unspecified atom stereocenters. The summed E-state index contributed by atoms with van der Waals surface area (Å²) in [5.41, 5.74) is 1.90. The number of hydrogen-bond acceptors (Lipinski definition) is 5. The third kappa shape index (κ3) is 4.16. The van der Waals surface area contributed by atoms with Gasteiger partial charge in [0.15, 0.2) is 5.82 Å². The largest absolute Gasteiger partial charge is 0.346 e. The molecule has 0 fully saturated rings. The molecular weight excluding hydrogens is 346 g/mol. The molecule has 3 aromatic rings. The zero-order valence-electron chi connectivity index (χ0n) is 15.4. The fourth-order valence-electron chi connectivity index (χ4n) is 2.78. The van der Waals surface area contributed by atoms with Crippen molar-refractivity contribution < 1.29 is 4.79 Å². The van der Waals surface area contributed by atoms with E-state index in [0.29, 0.717) is 12.4 Å². The number of hydrogen-bond donors (Lipinski definition) is 1. The van der Waals surface area contributed by atoms with E-state index < -0.39 is 0 Å². The molecule has 0 saturated carbocycles. The summed E-state index contributed by atoms with van der Waals surface area (Å²) in [6.07, 6.45) is 0. The van der Waals surface area contributed by atoms with Crippen molar-refractivity contribution in [2.24, 2.45) is 5.92 Å². The number of aromatic nitrogens is 4. The lowest BCUT2D eigenvalue weighted by atomic mass is 10.0. The maximum atomic E-state index is 11.7. The average molecular weight is 369 g/mol. The van der Waals surface area contributed by atoms with Crippen molar-refractivity contribution in [1.82, 2.24) is 25.1 Å². The van der Waals surface area contributed by atoms with Gasteiger partial charge in [-0.25, -0.2) is 14.6 Å². The van der Waals surface area contributed by atoms with Crippen LogP contribution in [0, 0.1) is 12.8 Å². The number of aryl methyl sites for hydroxylation is 1. The highest BCUT2D eigenvalue weighted by atomic mass is 32.1. The first-order valence-electron chi connectivity index (χ1n) is 8.62. The van der Waals surface area contributed by atoms with Crippen LogP contribution < -0.4 is 5.32 Å². The van der Waals surface area contributed by atoms with Crippen molar-refractivity contribution in [3.63, 3.8) is 0 Å². The molecule has 0 radical (unpaired) electrons. The Morgan fingerprint density at radius 2 is 1.96 bits per heavy atom. The number of amides is 1. The van der Waals surface area contributed by atoms with Gasteiger partial charge in [-0.1, -0.05) is 44.2 Å². The predicted octanol–water partition coefficient (Wildman–Crippen LogP) is 3.59. The Balaban J connectivity index is 2.04. The van der Waals surface area contributed by atoms with Crippen LogP contribution in [0.4, 0.5) is 0 Å². The fraction of sp³-hybridized carbons (Fsp3) is 0.368. The molecule has 26 heavy (non-hydrogen) atoms. The Morgan fingerprint density at radius 3 is 2.54 bits per heavy atom. The molecular formula is C19H23N5OS. The first-order chi connectivity index (χ1) is 12.4. The van der Waals surface area contributed by atoms with Crippen molar-refractivity contribution in [1.29, 1.82) is 0 Å². The molecule has 6 nitrogen and oxygen atoms in total. The predicted molar refractivity (Wildman–Crippen MR) is 103 cm³/mol. The van der Waals surface area contributed by atoms with E-state index in [4.69, 9.17) is 10.1 Å².